The second-order valence-electron chi connectivity index (χ2n) is 4.29. The van der Waals surface area contributed by atoms with Crippen molar-refractivity contribution in [1.82, 2.24) is 4.90 Å². The molecule has 2 rings (SSSR count). The molecule has 16 heavy (non-hydrogen) atoms. The molecule has 0 unspecified atom stereocenters. The van der Waals surface area contributed by atoms with E-state index in [2.05, 4.69) is 29.2 Å². The van der Waals surface area contributed by atoms with Crippen LogP contribution in [0.3, 0.4) is 0 Å². The summed E-state index contributed by atoms with van der Waals surface area (Å²) in [5, 5.41) is 8.58. The number of carbonyl (C=O) groups is 1. The van der Waals surface area contributed by atoms with Crippen molar-refractivity contribution in [3.05, 3.63) is 35.4 Å². The van der Waals surface area contributed by atoms with Crippen LogP contribution < -0.4 is 0 Å². The van der Waals surface area contributed by atoms with E-state index in [0.717, 1.165) is 32.5 Å². The summed E-state index contributed by atoms with van der Waals surface area (Å²) in [7, 11) is 0. The van der Waals surface area contributed by atoms with Crippen LogP contribution in [-0.2, 0) is 17.8 Å². The second kappa shape index (κ2) is 5.12. The molecule has 0 fully saturated rings. The van der Waals surface area contributed by atoms with Gasteiger partial charge in [0.1, 0.15) is 0 Å². The minimum absolute atomic E-state index is 0.276. The molecule has 1 aromatic carbocycles. The normalized spacial score (nSPS) is 15.8. The Kier molecular flexibility index (Phi) is 3.57. The van der Waals surface area contributed by atoms with E-state index in [1.165, 1.54) is 11.1 Å². The Bertz CT molecular complexity index is 376. The molecule has 3 heteroatoms. The SMILES string of the molecule is O=C(O)CCCN1CCc2ccccc2C1. The van der Waals surface area contributed by atoms with E-state index in [9.17, 15) is 4.79 Å². The van der Waals surface area contributed by atoms with Gasteiger partial charge in [0.25, 0.3) is 0 Å². The van der Waals surface area contributed by atoms with Gasteiger partial charge >= 0.3 is 5.97 Å². The van der Waals surface area contributed by atoms with E-state index in [1.807, 2.05) is 0 Å². The quantitative estimate of drug-likeness (QED) is 0.841. The molecular weight excluding hydrogens is 202 g/mol. The van der Waals surface area contributed by atoms with Gasteiger partial charge in [-0.3, -0.25) is 9.69 Å². The summed E-state index contributed by atoms with van der Waals surface area (Å²) in [5.74, 6) is -0.697. The molecule has 86 valence electrons. The van der Waals surface area contributed by atoms with Gasteiger partial charge in [0, 0.05) is 19.5 Å². The summed E-state index contributed by atoms with van der Waals surface area (Å²) in [6, 6.07) is 8.50. The third-order valence-electron chi connectivity index (χ3n) is 3.07. The molecule has 1 aliphatic rings. The van der Waals surface area contributed by atoms with Crippen molar-refractivity contribution in [2.75, 3.05) is 13.1 Å². The zero-order valence-corrected chi connectivity index (χ0v) is 9.35. The summed E-state index contributed by atoms with van der Waals surface area (Å²) in [4.78, 5) is 12.8. The lowest BCUT2D eigenvalue weighted by Gasteiger charge is -2.28. The largest absolute Gasteiger partial charge is 0.481 e. The molecule has 1 aromatic rings. The maximum atomic E-state index is 10.4. The molecule has 3 nitrogen and oxygen atoms in total. The van der Waals surface area contributed by atoms with Crippen LogP contribution in [0.4, 0.5) is 0 Å². The fraction of sp³-hybridized carbons (Fsp3) is 0.462. The summed E-state index contributed by atoms with van der Waals surface area (Å²) < 4.78 is 0. The number of nitrogens with zero attached hydrogens (tertiary/aromatic N) is 1. The lowest BCUT2D eigenvalue weighted by molar-refractivity contribution is -0.137. The van der Waals surface area contributed by atoms with Crippen molar-refractivity contribution in [1.29, 1.82) is 0 Å². The first kappa shape index (κ1) is 11.1. The molecule has 0 atom stereocenters. The predicted octanol–water partition coefficient (Wildman–Crippen LogP) is 1.91. The fourth-order valence-electron chi connectivity index (χ4n) is 2.20. The van der Waals surface area contributed by atoms with Crippen LogP contribution in [0, 0.1) is 0 Å². The Hall–Kier alpha value is -1.35. The van der Waals surface area contributed by atoms with Crippen LogP contribution in [0.15, 0.2) is 24.3 Å². The molecule has 0 spiro atoms. The fourth-order valence-corrected chi connectivity index (χ4v) is 2.20. The van der Waals surface area contributed by atoms with Gasteiger partial charge in [0.15, 0.2) is 0 Å². The molecule has 0 aromatic heterocycles. The summed E-state index contributed by atoms with van der Waals surface area (Å²) in [5.41, 5.74) is 2.83. The van der Waals surface area contributed by atoms with E-state index < -0.39 is 5.97 Å². The van der Waals surface area contributed by atoms with Gasteiger partial charge < -0.3 is 5.11 Å². The van der Waals surface area contributed by atoms with E-state index in [1.54, 1.807) is 0 Å². The van der Waals surface area contributed by atoms with Gasteiger partial charge in [-0.05, 0) is 30.5 Å². The second-order valence-corrected chi connectivity index (χ2v) is 4.29. The summed E-state index contributed by atoms with van der Waals surface area (Å²) >= 11 is 0. The Morgan fingerprint density at radius 2 is 2.06 bits per heavy atom. The Morgan fingerprint density at radius 3 is 2.81 bits per heavy atom. The number of carboxylic acid groups (broad SMARTS) is 1. The minimum atomic E-state index is -0.697. The highest BCUT2D eigenvalue weighted by Gasteiger charge is 2.15. The maximum Gasteiger partial charge on any atom is 0.303 e. The average Bonchev–Trinajstić information content (AvgIpc) is 2.28. The topological polar surface area (TPSA) is 40.5 Å². The zero-order chi connectivity index (χ0) is 11.4. The van der Waals surface area contributed by atoms with Crippen molar-refractivity contribution < 1.29 is 9.90 Å². The molecule has 0 saturated carbocycles. The number of aliphatic carboxylic acids is 1. The number of rotatable bonds is 4. The third kappa shape index (κ3) is 2.83. The number of benzene rings is 1. The van der Waals surface area contributed by atoms with Gasteiger partial charge in [-0.2, -0.15) is 0 Å². The minimum Gasteiger partial charge on any atom is -0.481 e. The van der Waals surface area contributed by atoms with Crippen molar-refractivity contribution >= 4 is 5.97 Å². The van der Waals surface area contributed by atoms with E-state index >= 15 is 0 Å². The van der Waals surface area contributed by atoms with Crippen LogP contribution in [-0.4, -0.2) is 29.1 Å². The molecule has 0 amide bonds. The van der Waals surface area contributed by atoms with Crippen molar-refractivity contribution in [2.45, 2.75) is 25.8 Å². The monoisotopic (exact) mass is 219 g/mol. The van der Waals surface area contributed by atoms with Crippen molar-refractivity contribution in [3.63, 3.8) is 0 Å². The van der Waals surface area contributed by atoms with Crippen LogP contribution in [0.25, 0.3) is 0 Å². The van der Waals surface area contributed by atoms with Crippen LogP contribution >= 0.6 is 0 Å². The number of hydrogen-bond donors (Lipinski definition) is 1. The Labute approximate surface area is 95.7 Å². The molecule has 1 N–H and O–H groups in total. The third-order valence-corrected chi connectivity index (χ3v) is 3.07. The average molecular weight is 219 g/mol. The van der Waals surface area contributed by atoms with E-state index in [4.69, 9.17) is 5.11 Å². The van der Waals surface area contributed by atoms with Crippen LogP contribution in [0.1, 0.15) is 24.0 Å². The van der Waals surface area contributed by atoms with Crippen molar-refractivity contribution in [3.8, 4) is 0 Å². The molecule has 1 heterocycles. The van der Waals surface area contributed by atoms with Gasteiger partial charge in [0.2, 0.25) is 0 Å². The lowest BCUT2D eigenvalue weighted by atomic mass is 10.00. The maximum absolute atomic E-state index is 10.4. The van der Waals surface area contributed by atoms with Gasteiger partial charge in [0.05, 0.1) is 0 Å². The van der Waals surface area contributed by atoms with Gasteiger partial charge in [-0.15, -0.1) is 0 Å². The smallest absolute Gasteiger partial charge is 0.303 e. The molecule has 0 aliphatic carbocycles. The van der Waals surface area contributed by atoms with Crippen LogP contribution in [0.5, 0.6) is 0 Å². The highest BCUT2D eigenvalue weighted by Crippen LogP contribution is 2.18. The summed E-state index contributed by atoms with van der Waals surface area (Å²) in [6.45, 7) is 2.91. The van der Waals surface area contributed by atoms with Crippen LogP contribution in [0.2, 0.25) is 0 Å². The number of carboxylic acids is 1. The molecular formula is C13H17NO2. The summed E-state index contributed by atoms with van der Waals surface area (Å²) in [6.07, 6.45) is 2.11. The standard InChI is InChI=1S/C13H17NO2/c15-13(16)6-3-8-14-9-7-11-4-1-2-5-12(11)10-14/h1-2,4-5H,3,6-10H2,(H,15,16). The predicted molar refractivity (Wildman–Crippen MR) is 62.3 cm³/mol. The molecule has 1 aliphatic heterocycles. The first-order chi connectivity index (χ1) is 7.75. The van der Waals surface area contributed by atoms with Gasteiger partial charge in [-0.1, -0.05) is 24.3 Å². The zero-order valence-electron chi connectivity index (χ0n) is 9.35. The first-order valence-electron chi connectivity index (χ1n) is 5.76. The highest BCUT2D eigenvalue weighted by atomic mass is 16.4. The Morgan fingerprint density at radius 1 is 1.31 bits per heavy atom. The van der Waals surface area contributed by atoms with Crippen molar-refractivity contribution in [2.24, 2.45) is 0 Å². The number of hydrogen-bond acceptors (Lipinski definition) is 2. The Balaban J connectivity index is 1.86. The lowest BCUT2D eigenvalue weighted by Crippen LogP contribution is -2.31. The van der Waals surface area contributed by atoms with E-state index in [0.29, 0.717) is 0 Å². The van der Waals surface area contributed by atoms with Gasteiger partial charge in [-0.25, -0.2) is 0 Å². The van der Waals surface area contributed by atoms with E-state index in [-0.39, 0.29) is 6.42 Å². The molecule has 0 saturated heterocycles. The first-order valence-corrected chi connectivity index (χ1v) is 5.76. The highest BCUT2D eigenvalue weighted by molar-refractivity contribution is 5.66. The number of fused-ring (bicyclic) bond motifs is 1. The molecule has 0 radical (unpaired) electrons. The molecule has 0 bridgehead atoms.